The lowest BCUT2D eigenvalue weighted by Crippen LogP contribution is -2.23. The highest BCUT2D eigenvalue weighted by molar-refractivity contribution is 5.74. The number of primary amides is 1. The molecule has 1 aliphatic carbocycles. The topological polar surface area (TPSA) is 52.3 Å². The van der Waals surface area contributed by atoms with E-state index in [1.165, 1.54) is 12.8 Å². The number of ether oxygens (including phenoxy) is 1. The molecule has 1 rings (SSSR count). The van der Waals surface area contributed by atoms with Crippen molar-refractivity contribution in [2.75, 3.05) is 0 Å². The summed E-state index contributed by atoms with van der Waals surface area (Å²) in [6.07, 6.45) is 5.51. The number of hydrogen-bond acceptors (Lipinski definition) is 2. The first-order chi connectivity index (χ1) is 5.68. The van der Waals surface area contributed by atoms with Crippen molar-refractivity contribution in [1.82, 2.24) is 0 Å². The molecule has 1 saturated carbocycles. The molecule has 0 bridgehead atoms. The lowest BCUT2D eigenvalue weighted by molar-refractivity contribution is -0.121. The number of carbonyl (C=O) groups is 1. The highest BCUT2D eigenvalue weighted by Crippen LogP contribution is 2.22. The van der Waals surface area contributed by atoms with Gasteiger partial charge in [-0.2, -0.15) is 0 Å². The molecule has 0 unspecified atom stereocenters. The van der Waals surface area contributed by atoms with Crippen LogP contribution in [0, 0.1) is 0 Å². The molecule has 3 nitrogen and oxygen atoms in total. The Morgan fingerprint density at radius 1 is 1.58 bits per heavy atom. The third-order valence-corrected chi connectivity index (χ3v) is 2.22. The van der Waals surface area contributed by atoms with Crippen LogP contribution in [-0.2, 0) is 9.53 Å². The normalized spacial score (nSPS) is 21.1. The average Bonchev–Trinajstić information content (AvgIpc) is 2.37. The molecule has 0 saturated heterocycles. The summed E-state index contributed by atoms with van der Waals surface area (Å²) in [5, 5.41) is 0. The summed E-state index contributed by atoms with van der Waals surface area (Å²) in [7, 11) is 0. The van der Waals surface area contributed by atoms with Crippen LogP contribution in [0.5, 0.6) is 0 Å². The van der Waals surface area contributed by atoms with Crippen molar-refractivity contribution >= 4 is 5.91 Å². The summed E-state index contributed by atoms with van der Waals surface area (Å²) < 4.78 is 5.62. The number of hydrogen-bond donors (Lipinski definition) is 1. The van der Waals surface area contributed by atoms with Gasteiger partial charge in [0.05, 0.1) is 18.6 Å². The third-order valence-electron chi connectivity index (χ3n) is 2.22. The molecule has 0 aromatic carbocycles. The molecule has 0 aromatic rings. The first kappa shape index (κ1) is 9.52. The lowest BCUT2D eigenvalue weighted by Gasteiger charge is -2.16. The Labute approximate surface area is 73.3 Å². The molecule has 70 valence electrons. The average molecular weight is 171 g/mol. The molecule has 0 spiro atoms. The van der Waals surface area contributed by atoms with Crippen LogP contribution in [0.25, 0.3) is 0 Å². The van der Waals surface area contributed by atoms with E-state index in [0.717, 1.165) is 12.8 Å². The maximum atomic E-state index is 10.5. The van der Waals surface area contributed by atoms with Gasteiger partial charge in [0.1, 0.15) is 0 Å². The van der Waals surface area contributed by atoms with E-state index in [9.17, 15) is 4.79 Å². The summed E-state index contributed by atoms with van der Waals surface area (Å²) in [6, 6.07) is 0. The molecule has 1 fully saturated rings. The fourth-order valence-electron chi connectivity index (χ4n) is 1.68. The van der Waals surface area contributed by atoms with E-state index in [1.54, 1.807) is 0 Å². The molecule has 1 atom stereocenters. The number of rotatable bonds is 4. The Morgan fingerprint density at radius 3 is 2.67 bits per heavy atom. The van der Waals surface area contributed by atoms with Gasteiger partial charge in [0.25, 0.3) is 0 Å². The molecule has 12 heavy (non-hydrogen) atoms. The summed E-state index contributed by atoms with van der Waals surface area (Å²) in [6.45, 7) is 1.91. The van der Waals surface area contributed by atoms with Gasteiger partial charge >= 0.3 is 0 Å². The van der Waals surface area contributed by atoms with Crippen LogP contribution in [0.2, 0.25) is 0 Å². The van der Waals surface area contributed by atoms with E-state index in [0.29, 0.717) is 12.5 Å². The van der Waals surface area contributed by atoms with Crippen molar-refractivity contribution in [2.24, 2.45) is 5.73 Å². The summed E-state index contributed by atoms with van der Waals surface area (Å²) in [4.78, 5) is 10.5. The molecule has 3 heteroatoms. The van der Waals surface area contributed by atoms with Gasteiger partial charge in [0.15, 0.2) is 0 Å². The Hall–Kier alpha value is -0.570. The van der Waals surface area contributed by atoms with Crippen molar-refractivity contribution in [3.05, 3.63) is 0 Å². The second-order valence-corrected chi connectivity index (χ2v) is 3.52. The van der Waals surface area contributed by atoms with Crippen LogP contribution in [0.3, 0.4) is 0 Å². The van der Waals surface area contributed by atoms with Crippen molar-refractivity contribution in [1.29, 1.82) is 0 Å². The Morgan fingerprint density at radius 2 is 2.17 bits per heavy atom. The van der Waals surface area contributed by atoms with Gasteiger partial charge in [-0.25, -0.2) is 0 Å². The number of nitrogens with two attached hydrogens (primary N) is 1. The van der Waals surface area contributed by atoms with Crippen molar-refractivity contribution in [3.63, 3.8) is 0 Å². The van der Waals surface area contributed by atoms with Crippen LogP contribution in [0.1, 0.15) is 39.0 Å². The van der Waals surface area contributed by atoms with Crippen LogP contribution in [-0.4, -0.2) is 18.1 Å². The minimum Gasteiger partial charge on any atom is -0.375 e. The zero-order valence-corrected chi connectivity index (χ0v) is 7.58. The van der Waals surface area contributed by atoms with Gasteiger partial charge in [-0.15, -0.1) is 0 Å². The van der Waals surface area contributed by atoms with Gasteiger partial charge < -0.3 is 10.5 Å². The van der Waals surface area contributed by atoms with Crippen LogP contribution in [0.15, 0.2) is 0 Å². The highest BCUT2D eigenvalue weighted by Gasteiger charge is 2.18. The minimum atomic E-state index is -0.277. The zero-order valence-electron chi connectivity index (χ0n) is 7.58. The molecule has 0 aromatic heterocycles. The highest BCUT2D eigenvalue weighted by atomic mass is 16.5. The molecule has 0 heterocycles. The SMILES string of the molecule is C[C@H](CC(N)=O)OC1CCCC1. The minimum absolute atomic E-state index is 0.00870. The summed E-state index contributed by atoms with van der Waals surface area (Å²) in [5.74, 6) is -0.277. The van der Waals surface area contributed by atoms with E-state index in [4.69, 9.17) is 10.5 Å². The van der Waals surface area contributed by atoms with Crippen LogP contribution >= 0.6 is 0 Å². The first-order valence-electron chi connectivity index (χ1n) is 4.62. The van der Waals surface area contributed by atoms with Gasteiger partial charge in [-0.3, -0.25) is 4.79 Å². The quantitative estimate of drug-likeness (QED) is 0.691. The Bertz CT molecular complexity index is 153. The second kappa shape index (κ2) is 4.45. The fourth-order valence-corrected chi connectivity index (χ4v) is 1.68. The van der Waals surface area contributed by atoms with E-state index in [1.807, 2.05) is 6.92 Å². The van der Waals surface area contributed by atoms with Crippen LogP contribution in [0.4, 0.5) is 0 Å². The zero-order chi connectivity index (χ0) is 8.97. The van der Waals surface area contributed by atoms with Crippen molar-refractivity contribution in [2.45, 2.75) is 51.2 Å². The lowest BCUT2D eigenvalue weighted by atomic mass is 10.2. The molecular weight excluding hydrogens is 154 g/mol. The predicted molar refractivity (Wildman–Crippen MR) is 46.6 cm³/mol. The largest absolute Gasteiger partial charge is 0.375 e. The maximum absolute atomic E-state index is 10.5. The standard InChI is InChI=1S/C9H17NO2/c1-7(6-9(10)11)12-8-4-2-3-5-8/h7-8H,2-6H2,1H3,(H2,10,11)/t7-/m1/s1. The maximum Gasteiger partial charge on any atom is 0.220 e. The van der Waals surface area contributed by atoms with Gasteiger partial charge in [0.2, 0.25) is 5.91 Å². The predicted octanol–water partition coefficient (Wildman–Crippen LogP) is 1.21. The summed E-state index contributed by atoms with van der Waals surface area (Å²) in [5.41, 5.74) is 5.05. The smallest absolute Gasteiger partial charge is 0.220 e. The van der Waals surface area contributed by atoms with Gasteiger partial charge in [-0.05, 0) is 19.8 Å². The number of carbonyl (C=O) groups excluding carboxylic acids is 1. The van der Waals surface area contributed by atoms with Crippen LogP contribution < -0.4 is 5.73 Å². The van der Waals surface area contributed by atoms with Gasteiger partial charge in [0, 0.05) is 0 Å². The summed E-state index contributed by atoms with van der Waals surface area (Å²) >= 11 is 0. The molecular formula is C9H17NO2. The van der Waals surface area contributed by atoms with Crippen molar-refractivity contribution in [3.8, 4) is 0 Å². The molecule has 1 aliphatic rings. The van der Waals surface area contributed by atoms with E-state index >= 15 is 0 Å². The molecule has 1 amide bonds. The van der Waals surface area contributed by atoms with E-state index < -0.39 is 0 Å². The monoisotopic (exact) mass is 171 g/mol. The fraction of sp³-hybridized carbons (Fsp3) is 0.889. The third kappa shape index (κ3) is 3.22. The number of amides is 1. The molecule has 0 aliphatic heterocycles. The first-order valence-corrected chi connectivity index (χ1v) is 4.62. The van der Waals surface area contributed by atoms with Gasteiger partial charge in [-0.1, -0.05) is 12.8 Å². The second-order valence-electron chi connectivity index (χ2n) is 3.52. The molecule has 0 radical (unpaired) electrons. The molecule has 2 N–H and O–H groups in total. The Kier molecular flexibility index (Phi) is 3.53. The van der Waals surface area contributed by atoms with E-state index in [2.05, 4.69) is 0 Å². The Balaban J connectivity index is 2.16. The van der Waals surface area contributed by atoms with Crippen molar-refractivity contribution < 1.29 is 9.53 Å². The van der Waals surface area contributed by atoms with E-state index in [-0.39, 0.29) is 12.0 Å².